The number of rotatable bonds is 6. The van der Waals surface area contributed by atoms with E-state index in [9.17, 15) is 5.11 Å². The average Bonchev–Trinajstić information content (AvgIpc) is 2.11. The lowest BCUT2D eigenvalue weighted by molar-refractivity contribution is 0.151. The normalized spacial score (nSPS) is 16.9. The standard InChI is InChI=1S/C13H28O2Si/c1-8-12(14)10-9-11(2)15-16(6,7)13(3,4)5/h8,11-12,14H,1,9-10H2,2-7H3/t11-,12-/m0/s1. The molecule has 16 heavy (non-hydrogen) atoms. The van der Waals surface area contributed by atoms with Gasteiger partial charge in [-0.15, -0.1) is 6.58 Å². The zero-order valence-electron chi connectivity index (χ0n) is 11.7. The Bertz CT molecular complexity index is 218. The van der Waals surface area contributed by atoms with Crippen LogP contribution in [0.1, 0.15) is 40.5 Å². The lowest BCUT2D eigenvalue weighted by atomic mass is 10.1. The van der Waals surface area contributed by atoms with Crippen LogP contribution < -0.4 is 0 Å². The van der Waals surface area contributed by atoms with Gasteiger partial charge in [-0.1, -0.05) is 26.8 Å². The lowest BCUT2D eigenvalue weighted by Gasteiger charge is -2.38. The van der Waals surface area contributed by atoms with Crippen LogP contribution in [0.25, 0.3) is 0 Å². The van der Waals surface area contributed by atoms with E-state index in [1.807, 2.05) is 0 Å². The quantitative estimate of drug-likeness (QED) is 0.570. The number of aliphatic hydroxyl groups excluding tert-OH is 1. The molecule has 0 aliphatic carbocycles. The molecule has 0 aliphatic rings. The van der Waals surface area contributed by atoms with Gasteiger partial charge in [-0.05, 0) is 37.9 Å². The summed E-state index contributed by atoms with van der Waals surface area (Å²) in [7, 11) is -1.66. The van der Waals surface area contributed by atoms with Crippen LogP contribution in [0, 0.1) is 0 Å². The van der Waals surface area contributed by atoms with Gasteiger partial charge in [0.25, 0.3) is 0 Å². The highest BCUT2D eigenvalue weighted by Gasteiger charge is 2.38. The summed E-state index contributed by atoms with van der Waals surface area (Å²) >= 11 is 0. The van der Waals surface area contributed by atoms with E-state index in [-0.39, 0.29) is 11.1 Å². The van der Waals surface area contributed by atoms with E-state index >= 15 is 0 Å². The Labute approximate surface area is 102 Å². The van der Waals surface area contributed by atoms with Crippen LogP contribution in [0.5, 0.6) is 0 Å². The van der Waals surface area contributed by atoms with E-state index in [0.29, 0.717) is 0 Å². The van der Waals surface area contributed by atoms with E-state index in [4.69, 9.17) is 4.43 Å². The van der Waals surface area contributed by atoms with Crippen molar-refractivity contribution in [2.24, 2.45) is 0 Å². The Morgan fingerprint density at radius 3 is 2.19 bits per heavy atom. The van der Waals surface area contributed by atoms with E-state index in [0.717, 1.165) is 12.8 Å². The Hall–Kier alpha value is -0.123. The molecule has 2 atom stereocenters. The highest BCUT2D eigenvalue weighted by molar-refractivity contribution is 6.74. The summed E-state index contributed by atoms with van der Waals surface area (Å²) in [4.78, 5) is 0. The Kier molecular flexibility index (Phi) is 5.94. The first-order chi connectivity index (χ1) is 7.10. The molecule has 0 heterocycles. The van der Waals surface area contributed by atoms with Crippen molar-refractivity contribution in [1.29, 1.82) is 0 Å². The Morgan fingerprint density at radius 2 is 1.81 bits per heavy atom. The SMILES string of the molecule is C=C[C@H](O)CC[C@H](C)O[Si](C)(C)C(C)(C)C. The number of aliphatic hydroxyl groups is 1. The fraction of sp³-hybridized carbons (Fsp3) is 0.846. The Morgan fingerprint density at radius 1 is 1.31 bits per heavy atom. The molecule has 96 valence electrons. The summed E-state index contributed by atoms with van der Waals surface area (Å²) in [5, 5.41) is 9.65. The zero-order valence-corrected chi connectivity index (χ0v) is 12.7. The third-order valence-electron chi connectivity index (χ3n) is 3.44. The van der Waals surface area contributed by atoms with E-state index in [2.05, 4.69) is 47.4 Å². The van der Waals surface area contributed by atoms with Gasteiger partial charge in [0, 0.05) is 6.10 Å². The third kappa shape index (κ3) is 5.28. The maximum Gasteiger partial charge on any atom is 0.192 e. The molecule has 2 nitrogen and oxygen atoms in total. The van der Waals surface area contributed by atoms with Crippen molar-refractivity contribution in [3.05, 3.63) is 12.7 Å². The van der Waals surface area contributed by atoms with Gasteiger partial charge in [-0.3, -0.25) is 0 Å². The first kappa shape index (κ1) is 15.9. The van der Waals surface area contributed by atoms with Crippen molar-refractivity contribution in [1.82, 2.24) is 0 Å². The Balaban J connectivity index is 4.14. The number of hydrogen-bond acceptors (Lipinski definition) is 2. The minimum Gasteiger partial charge on any atom is -0.414 e. The number of hydrogen-bond donors (Lipinski definition) is 1. The van der Waals surface area contributed by atoms with Crippen molar-refractivity contribution in [2.45, 2.75) is 70.9 Å². The molecule has 0 spiro atoms. The predicted octanol–water partition coefficient (Wildman–Crippen LogP) is 3.72. The summed E-state index contributed by atoms with van der Waals surface area (Å²) in [6, 6.07) is 0. The molecule has 0 aliphatic heterocycles. The van der Waals surface area contributed by atoms with Gasteiger partial charge >= 0.3 is 0 Å². The summed E-state index contributed by atoms with van der Waals surface area (Å²) in [6.45, 7) is 16.9. The van der Waals surface area contributed by atoms with Gasteiger partial charge in [0.15, 0.2) is 8.32 Å². The van der Waals surface area contributed by atoms with E-state index < -0.39 is 14.4 Å². The largest absolute Gasteiger partial charge is 0.414 e. The van der Waals surface area contributed by atoms with Gasteiger partial charge in [0.05, 0.1) is 6.10 Å². The second-order valence-electron chi connectivity index (χ2n) is 6.07. The van der Waals surface area contributed by atoms with E-state index in [1.165, 1.54) is 0 Å². The van der Waals surface area contributed by atoms with Gasteiger partial charge in [0.2, 0.25) is 0 Å². The molecule has 1 N–H and O–H groups in total. The second kappa shape index (κ2) is 5.99. The lowest BCUT2D eigenvalue weighted by Crippen LogP contribution is -2.43. The van der Waals surface area contributed by atoms with Crippen molar-refractivity contribution < 1.29 is 9.53 Å². The highest BCUT2D eigenvalue weighted by Crippen LogP contribution is 2.37. The molecule has 0 bridgehead atoms. The molecule has 0 aromatic rings. The first-order valence-electron chi connectivity index (χ1n) is 6.08. The smallest absolute Gasteiger partial charge is 0.192 e. The van der Waals surface area contributed by atoms with Crippen LogP contribution >= 0.6 is 0 Å². The maximum absolute atomic E-state index is 9.40. The molecule has 0 fully saturated rings. The zero-order chi connectivity index (χ0) is 13.0. The van der Waals surface area contributed by atoms with Crippen LogP contribution in [0.4, 0.5) is 0 Å². The summed E-state index contributed by atoms with van der Waals surface area (Å²) in [6.07, 6.45) is 3.03. The van der Waals surface area contributed by atoms with Crippen molar-refractivity contribution in [3.63, 3.8) is 0 Å². The molecule has 0 aromatic carbocycles. The third-order valence-corrected chi connectivity index (χ3v) is 8.05. The molecular weight excluding hydrogens is 216 g/mol. The minimum atomic E-state index is -1.66. The van der Waals surface area contributed by atoms with Gasteiger partial charge in [-0.2, -0.15) is 0 Å². The van der Waals surface area contributed by atoms with Crippen LogP contribution in [0.3, 0.4) is 0 Å². The molecule has 0 unspecified atom stereocenters. The highest BCUT2D eigenvalue weighted by atomic mass is 28.4. The molecule has 0 saturated heterocycles. The van der Waals surface area contributed by atoms with Crippen molar-refractivity contribution in [2.75, 3.05) is 0 Å². The molecule has 0 amide bonds. The van der Waals surface area contributed by atoms with Crippen LogP contribution in [0.2, 0.25) is 18.1 Å². The predicted molar refractivity (Wildman–Crippen MR) is 73.2 cm³/mol. The average molecular weight is 244 g/mol. The molecule has 0 aromatic heterocycles. The monoisotopic (exact) mass is 244 g/mol. The van der Waals surface area contributed by atoms with Gasteiger partial charge < -0.3 is 9.53 Å². The second-order valence-corrected chi connectivity index (χ2v) is 10.8. The fourth-order valence-corrected chi connectivity index (χ4v) is 2.74. The fourth-order valence-electron chi connectivity index (χ4n) is 1.26. The summed E-state index contributed by atoms with van der Waals surface area (Å²) in [5.41, 5.74) is 0. The van der Waals surface area contributed by atoms with Crippen molar-refractivity contribution in [3.8, 4) is 0 Å². The van der Waals surface area contributed by atoms with Crippen LogP contribution in [-0.2, 0) is 4.43 Å². The summed E-state index contributed by atoms with van der Waals surface area (Å²) < 4.78 is 6.19. The maximum atomic E-state index is 9.40. The summed E-state index contributed by atoms with van der Waals surface area (Å²) in [5.74, 6) is 0. The van der Waals surface area contributed by atoms with Crippen LogP contribution in [-0.4, -0.2) is 25.6 Å². The topological polar surface area (TPSA) is 29.5 Å². The molecule has 3 heteroatoms. The van der Waals surface area contributed by atoms with E-state index in [1.54, 1.807) is 6.08 Å². The van der Waals surface area contributed by atoms with Gasteiger partial charge in [0.1, 0.15) is 0 Å². The molecular formula is C13H28O2Si. The van der Waals surface area contributed by atoms with Crippen molar-refractivity contribution >= 4 is 8.32 Å². The van der Waals surface area contributed by atoms with Gasteiger partial charge in [-0.25, -0.2) is 0 Å². The first-order valence-corrected chi connectivity index (χ1v) is 8.99. The molecule has 0 rings (SSSR count). The minimum absolute atomic E-state index is 0.218. The van der Waals surface area contributed by atoms with Crippen LogP contribution in [0.15, 0.2) is 12.7 Å². The molecule has 0 saturated carbocycles. The molecule has 0 radical (unpaired) electrons.